The van der Waals surface area contributed by atoms with Gasteiger partial charge in [-0.1, -0.05) is 66.7 Å². The van der Waals surface area contributed by atoms with Crippen molar-refractivity contribution in [3.63, 3.8) is 0 Å². The Balaban J connectivity index is 1.12. The molecule has 17 heteroatoms. The van der Waals surface area contributed by atoms with Gasteiger partial charge in [0.25, 0.3) is 0 Å². The van der Waals surface area contributed by atoms with Gasteiger partial charge in [-0.15, -0.1) is 0 Å². The Hall–Kier alpha value is -6.75. The van der Waals surface area contributed by atoms with E-state index < -0.39 is 65.8 Å². The summed E-state index contributed by atoms with van der Waals surface area (Å²) < 4.78 is 5.74. The zero-order valence-electron chi connectivity index (χ0n) is 33.6. The van der Waals surface area contributed by atoms with E-state index in [4.69, 9.17) is 15.3 Å². The molecule has 1 aliphatic carbocycles. The number of fused-ring (bicyclic) bond motifs is 4. The van der Waals surface area contributed by atoms with Gasteiger partial charge in [0.15, 0.2) is 0 Å². The molecule has 2 saturated heterocycles. The first kappa shape index (κ1) is 42.4. The number of carbonyl (C=O) groups excluding carboxylic acids is 7. The maximum absolute atomic E-state index is 14.4. The second-order valence-corrected chi connectivity index (χ2v) is 15.5. The van der Waals surface area contributed by atoms with E-state index in [9.17, 15) is 33.6 Å². The highest BCUT2D eigenvalue weighted by Crippen LogP contribution is 2.44. The van der Waals surface area contributed by atoms with Gasteiger partial charge in [-0.3, -0.25) is 28.8 Å². The van der Waals surface area contributed by atoms with Crippen LogP contribution in [0.4, 0.5) is 4.79 Å². The number of alkyl carbamates (subject to hydrolysis) is 1. The van der Waals surface area contributed by atoms with E-state index in [-0.39, 0.29) is 57.8 Å². The molecule has 3 aliphatic rings. The Labute approximate surface area is 351 Å². The van der Waals surface area contributed by atoms with Crippen molar-refractivity contribution in [3.8, 4) is 11.1 Å². The highest BCUT2D eigenvalue weighted by atomic mass is 16.7. The van der Waals surface area contributed by atoms with E-state index in [2.05, 4.69) is 31.7 Å². The molecule has 320 valence electrons. The van der Waals surface area contributed by atoms with Crippen molar-refractivity contribution >= 4 is 52.5 Å². The number of para-hydroxylation sites is 1. The number of nitrogens with two attached hydrogens (primary N) is 1. The third-order valence-electron chi connectivity index (χ3n) is 11.4. The van der Waals surface area contributed by atoms with Crippen LogP contribution in [0.25, 0.3) is 22.0 Å². The van der Waals surface area contributed by atoms with E-state index >= 15 is 0 Å². The van der Waals surface area contributed by atoms with Gasteiger partial charge >= 0.3 is 12.1 Å². The Morgan fingerprint density at radius 3 is 2.31 bits per heavy atom. The topological polar surface area (TPSA) is 243 Å². The summed E-state index contributed by atoms with van der Waals surface area (Å²) in [5, 5.41) is 11.6. The number of rotatable bonds is 9. The molecule has 3 heterocycles. The first-order valence-corrected chi connectivity index (χ1v) is 20.6. The summed E-state index contributed by atoms with van der Waals surface area (Å²) in [5.74, 6) is -4.12. The Bertz CT molecular complexity index is 2250. The van der Waals surface area contributed by atoms with Gasteiger partial charge in [0.05, 0.1) is 6.54 Å². The highest BCUT2D eigenvalue weighted by Gasteiger charge is 2.39. The SMILES string of the molecule is NC(=O)CNC(=O)[C@H]1CCCN1C(=O)[C@H]1CCCCNOC(=O)CC[C@H](NC(=O)OCC2c3ccccc3-c3ccccc32)C(=O)N[C@@H](Cc2c[nH]c3ccccc23)C(=O)N1. The maximum atomic E-state index is 14.4. The van der Waals surface area contributed by atoms with Gasteiger partial charge in [-0.25, -0.2) is 4.79 Å². The van der Waals surface area contributed by atoms with Crippen molar-refractivity contribution in [1.29, 1.82) is 0 Å². The number of aromatic amines is 1. The molecule has 1 aromatic heterocycles. The van der Waals surface area contributed by atoms with Crippen LogP contribution in [-0.2, 0) is 44.8 Å². The van der Waals surface area contributed by atoms with Crippen LogP contribution in [0.5, 0.6) is 0 Å². The molecular weight excluding hydrogens is 785 g/mol. The van der Waals surface area contributed by atoms with Crippen LogP contribution in [0.3, 0.4) is 0 Å². The summed E-state index contributed by atoms with van der Waals surface area (Å²) in [4.78, 5) is 103. The average Bonchev–Trinajstić information content (AvgIpc) is 4.00. The minimum Gasteiger partial charge on any atom is -0.449 e. The van der Waals surface area contributed by atoms with Crippen LogP contribution in [-0.4, -0.2) is 102 Å². The Kier molecular flexibility index (Phi) is 13.6. The van der Waals surface area contributed by atoms with Crippen LogP contribution in [0, 0.1) is 0 Å². The lowest BCUT2D eigenvalue weighted by Crippen LogP contribution is -2.59. The predicted molar refractivity (Wildman–Crippen MR) is 222 cm³/mol. The molecule has 0 bridgehead atoms. The summed E-state index contributed by atoms with van der Waals surface area (Å²) in [6.07, 6.45) is 2.29. The number of aromatic nitrogens is 1. The minimum atomic E-state index is -1.34. The Morgan fingerprint density at radius 2 is 1.56 bits per heavy atom. The van der Waals surface area contributed by atoms with Gasteiger partial charge in [-0.05, 0) is 72.4 Å². The van der Waals surface area contributed by atoms with Crippen LogP contribution in [0.15, 0.2) is 79.0 Å². The van der Waals surface area contributed by atoms with Gasteiger partial charge < -0.3 is 46.5 Å². The molecule has 0 unspecified atom stereocenters. The van der Waals surface area contributed by atoms with E-state index in [1.807, 2.05) is 72.8 Å². The largest absolute Gasteiger partial charge is 0.449 e. The molecule has 0 spiro atoms. The third kappa shape index (κ3) is 10.2. The second kappa shape index (κ2) is 19.5. The van der Waals surface area contributed by atoms with Gasteiger partial charge in [0.2, 0.25) is 29.5 Å². The monoisotopic (exact) mass is 834 g/mol. The zero-order chi connectivity index (χ0) is 42.9. The second-order valence-electron chi connectivity index (χ2n) is 15.5. The summed E-state index contributed by atoms with van der Waals surface area (Å²) in [6.45, 7) is 0.0664. The van der Waals surface area contributed by atoms with Gasteiger partial charge in [0.1, 0.15) is 30.8 Å². The number of nitrogens with zero attached hydrogens (tertiary/aromatic N) is 1. The number of benzene rings is 3. The number of likely N-dealkylation sites (tertiary alicyclic amines) is 1. The lowest BCUT2D eigenvalue weighted by molar-refractivity contribution is -0.151. The normalized spacial score (nSPS) is 21.4. The van der Waals surface area contributed by atoms with Crippen LogP contribution >= 0.6 is 0 Å². The number of hydrogen-bond acceptors (Lipinski definition) is 10. The lowest BCUT2D eigenvalue weighted by Gasteiger charge is -2.30. The van der Waals surface area contributed by atoms with Crippen molar-refractivity contribution in [2.45, 2.75) is 81.5 Å². The van der Waals surface area contributed by atoms with Crippen molar-refractivity contribution < 1.29 is 43.1 Å². The quantitative estimate of drug-likeness (QED) is 0.130. The van der Waals surface area contributed by atoms with Crippen molar-refractivity contribution in [2.75, 3.05) is 26.2 Å². The van der Waals surface area contributed by atoms with E-state index in [0.717, 1.165) is 33.2 Å². The van der Waals surface area contributed by atoms with Crippen LogP contribution in [0.2, 0.25) is 0 Å². The molecule has 17 nitrogen and oxygen atoms in total. The van der Waals surface area contributed by atoms with Gasteiger partial charge in [-0.2, -0.15) is 5.48 Å². The summed E-state index contributed by atoms with van der Waals surface area (Å²) >= 11 is 0. The molecule has 8 N–H and O–H groups in total. The first-order chi connectivity index (χ1) is 29.6. The standard InChI is InChI=1S/C44H50N8O9/c45-38(53)24-47-42(57)37-17-9-21-52(37)43(58)35-16-7-8-20-48-61-39(54)19-18-34(40(55)50-36(41(56)49-35)22-26-23-46-33-15-6-5-10-27(26)33)51-44(59)60-25-32-30-13-3-1-11-28(30)29-12-2-4-14-31(29)32/h1-6,10-15,23,32,34-37,46,48H,7-9,16-22,24-25H2,(H2,45,53)(H,47,57)(H,49,56)(H,50,55)(H,51,59)/t34-,35+,36-,37+/m0/s1. The van der Waals surface area contributed by atoms with E-state index in [1.54, 1.807) is 6.20 Å². The zero-order valence-corrected chi connectivity index (χ0v) is 33.6. The fourth-order valence-electron chi connectivity index (χ4n) is 8.37. The average molecular weight is 835 g/mol. The van der Waals surface area contributed by atoms with Crippen molar-refractivity contribution in [3.05, 3.63) is 95.7 Å². The maximum Gasteiger partial charge on any atom is 0.407 e. The highest BCUT2D eigenvalue weighted by molar-refractivity contribution is 5.97. The third-order valence-corrected chi connectivity index (χ3v) is 11.4. The van der Waals surface area contributed by atoms with E-state index in [1.165, 1.54) is 4.90 Å². The molecule has 0 radical (unpaired) electrons. The van der Waals surface area contributed by atoms with Crippen molar-refractivity contribution in [2.24, 2.45) is 5.73 Å². The number of amides is 6. The summed E-state index contributed by atoms with van der Waals surface area (Å²) in [7, 11) is 0. The smallest absolute Gasteiger partial charge is 0.407 e. The molecule has 0 saturated carbocycles. The summed E-state index contributed by atoms with van der Waals surface area (Å²) in [6, 6.07) is 18.6. The number of hydroxylamine groups is 1. The van der Waals surface area contributed by atoms with E-state index in [0.29, 0.717) is 31.2 Å². The number of nitrogens with one attached hydrogen (secondary N) is 6. The molecular formula is C44H50N8O9. The lowest BCUT2D eigenvalue weighted by atomic mass is 9.98. The number of hydrogen-bond donors (Lipinski definition) is 7. The van der Waals surface area contributed by atoms with Crippen LogP contribution in [0.1, 0.15) is 67.6 Å². The number of primary amides is 1. The Morgan fingerprint density at radius 1 is 0.836 bits per heavy atom. The summed E-state index contributed by atoms with van der Waals surface area (Å²) in [5.41, 5.74) is 13.4. The minimum absolute atomic E-state index is 0.00597. The first-order valence-electron chi connectivity index (χ1n) is 20.6. The molecule has 3 aromatic carbocycles. The molecule has 4 aromatic rings. The fourth-order valence-corrected chi connectivity index (χ4v) is 8.37. The molecule has 2 fully saturated rings. The number of H-pyrrole nitrogens is 1. The number of ether oxygens (including phenoxy) is 1. The fraction of sp³-hybridized carbons (Fsp3) is 0.386. The van der Waals surface area contributed by atoms with Crippen LogP contribution < -0.4 is 32.5 Å². The molecule has 4 atom stereocenters. The molecule has 6 amide bonds. The molecule has 7 rings (SSSR count). The number of carbonyl (C=O) groups is 7. The molecule has 2 aliphatic heterocycles. The van der Waals surface area contributed by atoms with Gasteiger partial charge in [0, 0.05) is 48.9 Å². The molecule has 61 heavy (non-hydrogen) atoms. The predicted octanol–water partition coefficient (Wildman–Crippen LogP) is 2.19. The van der Waals surface area contributed by atoms with Crippen molar-refractivity contribution in [1.82, 2.24) is 36.6 Å².